The third-order valence-corrected chi connectivity index (χ3v) is 4.33. The summed E-state index contributed by atoms with van der Waals surface area (Å²) in [7, 11) is 0. The molecule has 2 N–H and O–H groups in total. The minimum atomic E-state index is -1.10. The number of rotatable bonds is 10. The smallest absolute Gasteiger partial charge is 0.336 e. The molecule has 1 amide bonds. The molecule has 6 heteroatoms. The van der Waals surface area contributed by atoms with Gasteiger partial charge in [-0.3, -0.25) is 4.79 Å². The van der Waals surface area contributed by atoms with Crippen molar-refractivity contribution in [3.05, 3.63) is 35.4 Å². The molecule has 1 heterocycles. The lowest BCUT2D eigenvalue weighted by molar-refractivity contribution is -0.138. The van der Waals surface area contributed by atoms with Crippen molar-refractivity contribution >= 4 is 11.9 Å². The molecule has 6 nitrogen and oxygen atoms in total. The minimum absolute atomic E-state index is 0.170. The second-order valence-electron chi connectivity index (χ2n) is 7.56. The van der Waals surface area contributed by atoms with Crippen molar-refractivity contribution in [2.24, 2.45) is 5.92 Å². The Morgan fingerprint density at radius 1 is 1.15 bits per heavy atom. The third-order valence-electron chi connectivity index (χ3n) is 4.33. The number of ether oxygens (including phenoxy) is 2. The van der Waals surface area contributed by atoms with Gasteiger partial charge in [0.15, 0.2) is 12.2 Å². The Hall–Kier alpha value is -1.92. The zero-order chi connectivity index (χ0) is 19.3. The molecule has 144 valence electrons. The first-order chi connectivity index (χ1) is 12.3. The first kappa shape index (κ1) is 20.4. The average molecular weight is 363 g/mol. The first-order valence-corrected chi connectivity index (χ1v) is 9.13. The van der Waals surface area contributed by atoms with E-state index in [1.54, 1.807) is 0 Å². The number of carbonyl (C=O) groups is 2. The largest absolute Gasteiger partial charge is 0.479 e. The monoisotopic (exact) mass is 363 g/mol. The maximum atomic E-state index is 12.1. The highest BCUT2D eigenvalue weighted by Gasteiger charge is 2.51. The van der Waals surface area contributed by atoms with E-state index >= 15 is 0 Å². The Labute approximate surface area is 154 Å². The Morgan fingerprint density at radius 2 is 1.81 bits per heavy atom. The van der Waals surface area contributed by atoms with Crippen molar-refractivity contribution in [3.63, 3.8) is 0 Å². The summed E-state index contributed by atoms with van der Waals surface area (Å²) in [6.45, 7) is 9.29. The fourth-order valence-electron chi connectivity index (χ4n) is 2.84. The number of epoxide rings is 1. The normalized spacial score (nSPS) is 20.2. The van der Waals surface area contributed by atoms with E-state index in [1.165, 1.54) is 5.56 Å². The molecule has 1 aromatic carbocycles. The molecule has 0 aliphatic carbocycles. The zero-order valence-electron chi connectivity index (χ0n) is 15.9. The van der Waals surface area contributed by atoms with Crippen molar-refractivity contribution in [1.29, 1.82) is 0 Å². The lowest BCUT2D eigenvalue weighted by atomic mass is 10.0. The highest BCUT2D eigenvalue weighted by atomic mass is 16.6. The second kappa shape index (κ2) is 9.14. The van der Waals surface area contributed by atoms with Crippen molar-refractivity contribution < 1.29 is 24.2 Å². The summed E-state index contributed by atoms with van der Waals surface area (Å²) >= 11 is 0. The average Bonchev–Trinajstić information content (AvgIpc) is 3.35. The molecule has 1 aliphatic heterocycles. The summed E-state index contributed by atoms with van der Waals surface area (Å²) in [6, 6.07) is 8.15. The SMILES string of the molecule is CC(C)C[C@@H](COCc1ccc(C(C)C)cc1)NC(=O)[C@H]1O[C@@H]1C(=O)O. The van der Waals surface area contributed by atoms with Crippen LogP contribution in [0.3, 0.4) is 0 Å². The van der Waals surface area contributed by atoms with Gasteiger partial charge in [0.05, 0.1) is 19.3 Å². The molecule has 2 rings (SSSR count). The standard InChI is InChI=1S/C20H29NO5/c1-12(2)9-16(21-19(22)17-18(26-17)20(23)24)11-25-10-14-5-7-15(8-6-14)13(3)4/h5-8,12-13,16-18H,9-11H2,1-4H3,(H,21,22)(H,23,24)/t16-,17-,18-/m0/s1. The summed E-state index contributed by atoms with van der Waals surface area (Å²) in [5.41, 5.74) is 2.37. The van der Waals surface area contributed by atoms with E-state index in [0.29, 0.717) is 25.0 Å². The Kier molecular flexibility index (Phi) is 7.17. The summed E-state index contributed by atoms with van der Waals surface area (Å²) in [5.74, 6) is -0.612. The molecular formula is C20H29NO5. The maximum absolute atomic E-state index is 12.1. The summed E-state index contributed by atoms with van der Waals surface area (Å²) < 4.78 is 10.7. The molecule has 3 atom stereocenters. The fourth-order valence-corrected chi connectivity index (χ4v) is 2.84. The van der Waals surface area contributed by atoms with Crippen LogP contribution >= 0.6 is 0 Å². The highest BCUT2D eigenvalue weighted by Crippen LogP contribution is 2.22. The lowest BCUT2D eigenvalue weighted by Gasteiger charge is -2.20. The van der Waals surface area contributed by atoms with Gasteiger partial charge in [0.1, 0.15) is 0 Å². The third kappa shape index (κ3) is 6.11. The van der Waals surface area contributed by atoms with Crippen LogP contribution in [0.4, 0.5) is 0 Å². The van der Waals surface area contributed by atoms with Crippen LogP contribution < -0.4 is 5.32 Å². The molecule has 0 radical (unpaired) electrons. The number of carboxylic acid groups (broad SMARTS) is 1. The molecular weight excluding hydrogens is 334 g/mol. The van der Waals surface area contributed by atoms with Crippen LogP contribution in [0.5, 0.6) is 0 Å². The van der Waals surface area contributed by atoms with Crippen molar-refractivity contribution in [2.75, 3.05) is 6.61 Å². The van der Waals surface area contributed by atoms with E-state index in [-0.39, 0.29) is 11.9 Å². The predicted molar refractivity (Wildman–Crippen MR) is 97.9 cm³/mol. The molecule has 1 fully saturated rings. The maximum Gasteiger partial charge on any atom is 0.336 e. The van der Waals surface area contributed by atoms with Crippen molar-refractivity contribution in [2.45, 2.75) is 64.9 Å². The van der Waals surface area contributed by atoms with E-state index in [4.69, 9.17) is 14.6 Å². The van der Waals surface area contributed by atoms with Crippen LogP contribution in [0.25, 0.3) is 0 Å². The van der Waals surface area contributed by atoms with Gasteiger partial charge in [0.25, 0.3) is 5.91 Å². The number of carbonyl (C=O) groups excluding carboxylic acids is 1. The van der Waals surface area contributed by atoms with Crippen molar-refractivity contribution in [1.82, 2.24) is 5.32 Å². The van der Waals surface area contributed by atoms with Crippen LogP contribution in [-0.2, 0) is 25.7 Å². The van der Waals surface area contributed by atoms with Crippen LogP contribution in [-0.4, -0.2) is 41.8 Å². The van der Waals surface area contributed by atoms with Gasteiger partial charge < -0.3 is 19.9 Å². The fraction of sp³-hybridized carbons (Fsp3) is 0.600. The number of carboxylic acids is 1. The summed E-state index contributed by atoms with van der Waals surface area (Å²) in [5, 5.41) is 11.7. The molecule has 0 aromatic heterocycles. The van der Waals surface area contributed by atoms with Crippen LogP contribution in [0.15, 0.2) is 24.3 Å². The van der Waals surface area contributed by atoms with E-state index in [2.05, 4.69) is 57.3 Å². The van der Waals surface area contributed by atoms with E-state index in [0.717, 1.165) is 12.0 Å². The Bertz CT molecular complexity index is 611. The first-order valence-electron chi connectivity index (χ1n) is 9.13. The highest BCUT2D eigenvalue weighted by molar-refractivity contribution is 5.92. The molecule has 0 saturated carbocycles. The molecule has 0 unspecified atom stereocenters. The van der Waals surface area contributed by atoms with Crippen LogP contribution in [0.1, 0.15) is 51.2 Å². The van der Waals surface area contributed by atoms with E-state index < -0.39 is 18.2 Å². The van der Waals surface area contributed by atoms with Crippen LogP contribution in [0.2, 0.25) is 0 Å². The molecule has 1 aromatic rings. The second-order valence-corrected chi connectivity index (χ2v) is 7.56. The van der Waals surface area contributed by atoms with Crippen molar-refractivity contribution in [3.8, 4) is 0 Å². The number of aliphatic carboxylic acids is 1. The molecule has 1 aliphatic rings. The lowest BCUT2D eigenvalue weighted by Crippen LogP contribution is -2.42. The number of hydrogen-bond donors (Lipinski definition) is 2. The Balaban J connectivity index is 1.81. The zero-order valence-corrected chi connectivity index (χ0v) is 15.9. The number of nitrogens with one attached hydrogen (secondary N) is 1. The van der Waals surface area contributed by atoms with Gasteiger partial charge in [-0.05, 0) is 29.4 Å². The van der Waals surface area contributed by atoms with Gasteiger partial charge in [0, 0.05) is 0 Å². The summed E-state index contributed by atoms with van der Waals surface area (Å²) in [6.07, 6.45) is -1.15. The van der Waals surface area contributed by atoms with Gasteiger partial charge in [-0.25, -0.2) is 4.79 Å². The van der Waals surface area contributed by atoms with E-state index in [1.807, 2.05) is 0 Å². The van der Waals surface area contributed by atoms with Gasteiger partial charge in [-0.2, -0.15) is 0 Å². The molecule has 0 bridgehead atoms. The molecule has 26 heavy (non-hydrogen) atoms. The van der Waals surface area contributed by atoms with Crippen LogP contribution in [0, 0.1) is 5.92 Å². The number of hydrogen-bond acceptors (Lipinski definition) is 4. The quantitative estimate of drug-likeness (QED) is 0.624. The van der Waals surface area contributed by atoms with Gasteiger partial charge >= 0.3 is 5.97 Å². The molecule has 0 spiro atoms. The topological polar surface area (TPSA) is 88.2 Å². The van der Waals surface area contributed by atoms with Gasteiger partial charge in [0.2, 0.25) is 0 Å². The number of benzene rings is 1. The van der Waals surface area contributed by atoms with E-state index in [9.17, 15) is 9.59 Å². The Morgan fingerprint density at radius 3 is 2.31 bits per heavy atom. The predicted octanol–water partition coefficient (Wildman–Crippen LogP) is 2.71. The minimum Gasteiger partial charge on any atom is -0.479 e. The van der Waals surface area contributed by atoms with Gasteiger partial charge in [-0.1, -0.05) is 52.0 Å². The molecule has 1 saturated heterocycles. The summed E-state index contributed by atoms with van der Waals surface area (Å²) in [4.78, 5) is 22.9. The number of amides is 1. The van der Waals surface area contributed by atoms with Gasteiger partial charge in [-0.15, -0.1) is 0 Å².